The fourth-order valence-electron chi connectivity index (χ4n) is 2.15. The molecule has 6 heteroatoms. The molecule has 102 valence electrons. The number of benzene rings is 1. The zero-order valence-electron chi connectivity index (χ0n) is 10.9. The lowest BCUT2D eigenvalue weighted by Crippen LogP contribution is -2.46. The van der Waals surface area contributed by atoms with Crippen LogP contribution in [0.5, 0.6) is 0 Å². The minimum Gasteiger partial charge on any atom is -0.379 e. The van der Waals surface area contributed by atoms with Gasteiger partial charge in [0.1, 0.15) is 0 Å². The molecule has 1 fully saturated rings. The summed E-state index contributed by atoms with van der Waals surface area (Å²) in [6, 6.07) is 6.54. The van der Waals surface area contributed by atoms with E-state index >= 15 is 0 Å². The van der Waals surface area contributed by atoms with Crippen LogP contribution in [0.2, 0.25) is 0 Å². The van der Waals surface area contributed by atoms with Crippen LogP contribution in [0.3, 0.4) is 0 Å². The molecule has 1 saturated heterocycles. The maximum absolute atomic E-state index is 12.4. The van der Waals surface area contributed by atoms with Gasteiger partial charge >= 0.3 is 0 Å². The van der Waals surface area contributed by atoms with Crippen molar-refractivity contribution in [3.63, 3.8) is 0 Å². The molecular weight excluding hydrogens is 264 g/mol. The van der Waals surface area contributed by atoms with Crippen molar-refractivity contribution in [2.24, 2.45) is 0 Å². The normalized spacial score (nSPS) is 23.2. The Bertz CT molecular complexity index is 626. The van der Waals surface area contributed by atoms with Gasteiger partial charge in [-0.25, -0.2) is 13.1 Å². The molecule has 5 nitrogen and oxygen atoms in total. The Labute approximate surface area is 113 Å². The molecule has 0 saturated carbocycles. The van der Waals surface area contributed by atoms with Gasteiger partial charge in [0.25, 0.3) is 0 Å². The minimum absolute atomic E-state index is 0.208. The largest absolute Gasteiger partial charge is 0.379 e. The molecule has 1 N–H and O–H groups in total. The van der Waals surface area contributed by atoms with Crippen LogP contribution in [-0.4, -0.2) is 27.2 Å². The number of sulfonamides is 1. The van der Waals surface area contributed by atoms with E-state index in [1.54, 1.807) is 13.0 Å². The fraction of sp³-hybridized carbons (Fsp3) is 0.462. The van der Waals surface area contributed by atoms with Crippen LogP contribution in [0, 0.1) is 18.3 Å². The Morgan fingerprint density at radius 1 is 1.47 bits per heavy atom. The van der Waals surface area contributed by atoms with Crippen molar-refractivity contribution in [3.8, 4) is 6.07 Å². The molecule has 0 amide bonds. The quantitative estimate of drug-likeness (QED) is 0.905. The second-order valence-electron chi connectivity index (χ2n) is 5.06. The third-order valence-corrected chi connectivity index (χ3v) is 4.99. The molecule has 1 atom stereocenters. The molecule has 1 aliphatic rings. The van der Waals surface area contributed by atoms with Crippen molar-refractivity contribution < 1.29 is 13.2 Å². The van der Waals surface area contributed by atoms with Crippen LogP contribution in [-0.2, 0) is 14.8 Å². The molecule has 2 rings (SSSR count). The Morgan fingerprint density at radius 3 is 2.74 bits per heavy atom. The third-order valence-electron chi connectivity index (χ3n) is 3.19. The summed E-state index contributed by atoms with van der Waals surface area (Å²) < 4.78 is 32.7. The van der Waals surface area contributed by atoms with Gasteiger partial charge in [-0.15, -0.1) is 0 Å². The molecule has 19 heavy (non-hydrogen) atoms. The lowest BCUT2D eigenvalue weighted by molar-refractivity contribution is 0.178. The number of rotatable bonds is 3. The average molecular weight is 280 g/mol. The molecule has 0 bridgehead atoms. The lowest BCUT2D eigenvalue weighted by atomic mass is 10.0. The van der Waals surface area contributed by atoms with Gasteiger partial charge in [0.2, 0.25) is 10.0 Å². The Kier molecular flexibility index (Phi) is 3.63. The summed E-state index contributed by atoms with van der Waals surface area (Å²) in [5.74, 6) is 0. The van der Waals surface area contributed by atoms with Crippen molar-refractivity contribution in [1.82, 2.24) is 4.72 Å². The number of ether oxygens (including phenoxy) is 1. The predicted molar refractivity (Wildman–Crippen MR) is 70.1 cm³/mol. The maximum Gasteiger partial charge on any atom is 0.241 e. The molecule has 1 aromatic carbocycles. The summed E-state index contributed by atoms with van der Waals surface area (Å²) in [5.41, 5.74) is 0.458. The van der Waals surface area contributed by atoms with E-state index in [0.717, 1.165) is 0 Å². The highest BCUT2D eigenvalue weighted by Crippen LogP contribution is 2.23. The van der Waals surface area contributed by atoms with E-state index in [2.05, 4.69) is 4.72 Å². The van der Waals surface area contributed by atoms with E-state index in [1.807, 2.05) is 13.0 Å². The Hall–Kier alpha value is -1.42. The van der Waals surface area contributed by atoms with E-state index in [9.17, 15) is 8.42 Å². The summed E-state index contributed by atoms with van der Waals surface area (Å²) in [6.45, 7) is 4.45. The fourth-order valence-corrected chi connectivity index (χ4v) is 3.80. The van der Waals surface area contributed by atoms with Gasteiger partial charge in [-0.3, -0.25) is 0 Å². The van der Waals surface area contributed by atoms with Gasteiger partial charge in [-0.05, 0) is 44.0 Å². The number of nitrogens with zero attached hydrogens (tertiary/aromatic N) is 1. The number of aryl methyl sites for hydroxylation is 1. The number of hydrogen-bond donors (Lipinski definition) is 1. The second kappa shape index (κ2) is 4.93. The Balaban J connectivity index is 2.32. The number of nitriles is 1. The highest BCUT2D eigenvalue weighted by Gasteiger charge is 2.35. The van der Waals surface area contributed by atoms with Gasteiger partial charge in [0.05, 0.1) is 28.7 Å². The topological polar surface area (TPSA) is 79.2 Å². The van der Waals surface area contributed by atoms with Crippen molar-refractivity contribution in [2.45, 2.75) is 30.7 Å². The van der Waals surface area contributed by atoms with Gasteiger partial charge < -0.3 is 4.74 Å². The molecule has 0 aromatic heterocycles. The molecular formula is C13H16N2O3S. The highest BCUT2D eigenvalue weighted by molar-refractivity contribution is 7.89. The SMILES string of the molecule is Cc1cc(C#N)ccc1S(=O)(=O)NC1(C)CCOC1. The van der Waals surface area contributed by atoms with E-state index in [1.165, 1.54) is 12.1 Å². The number of nitrogens with one attached hydrogen (secondary N) is 1. The smallest absolute Gasteiger partial charge is 0.241 e. The first-order chi connectivity index (χ1) is 8.86. The van der Waals surface area contributed by atoms with Gasteiger partial charge in [0.15, 0.2) is 0 Å². The molecule has 0 spiro atoms. The summed E-state index contributed by atoms with van der Waals surface area (Å²) >= 11 is 0. The zero-order valence-corrected chi connectivity index (χ0v) is 11.8. The monoisotopic (exact) mass is 280 g/mol. The van der Waals surface area contributed by atoms with Crippen LogP contribution in [0.25, 0.3) is 0 Å². The van der Waals surface area contributed by atoms with Gasteiger partial charge in [-0.1, -0.05) is 0 Å². The predicted octanol–water partition coefficient (Wildman–Crippen LogP) is 1.32. The van der Waals surface area contributed by atoms with Crippen LogP contribution < -0.4 is 4.72 Å². The van der Waals surface area contributed by atoms with Crippen molar-refractivity contribution in [3.05, 3.63) is 29.3 Å². The molecule has 1 heterocycles. The summed E-state index contributed by atoms with van der Waals surface area (Å²) in [4.78, 5) is 0.208. The standard InChI is InChI=1S/C13H16N2O3S/c1-10-7-11(8-14)3-4-12(10)19(16,17)15-13(2)5-6-18-9-13/h3-4,7,15H,5-6,9H2,1-2H3. The van der Waals surface area contributed by atoms with E-state index in [-0.39, 0.29) is 4.90 Å². The Morgan fingerprint density at radius 2 is 2.21 bits per heavy atom. The molecule has 1 aromatic rings. The van der Waals surface area contributed by atoms with Crippen LogP contribution >= 0.6 is 0 Å². The van der Waals surface area contributed by atoms with Gasteiger partial charge in [-0.2, -0.15) is 5.26 Å². The summed E-state index contributed by atoms with van der Waals surface area (Å²) in [5, 5.41) is 8.79. The summed E-state index contributed by atoms with van der Waals surface area (Å²) in [6.07, 6.45) is 0.654. The molecule has 1 aliphatic heterocycles. The molecule has 0 radical (unpaired) electrons. The summed E-state index contributed by atoms with van der Waals surface area (Å²) in [7, 11) is -3.60. The minimum atomic E-state index is -3.60. The molecule has 1 unspecified atom stereocenters. The van der Waals surface area contributed by atoms with Crippen molar-refractivity contribution in [2.75, 3.05) is 13.2 Å². The first-order valence-corrected chi connectivity index (χ1v) is 7.47. The third kappa shape index (κ3) is 2.95. The van der Waals surface area contributed by atoms with Gasteiger partial charge in [0, 0.05) is 6.61 Å². The highest BCUT2D eigenvalue weighted by atomic mass is 32.2. The van der Waals surface area contributed by atoms with Crippen molar-refractivity contribution >= 4 is 10.0 Å². The molecule has 0 aliphatic carbocycles. The first kappa shape index (κ1) is 14.0. The zero-order chi connectivity index (χ0) is 14.1. The first-order valence-electron chi connectivity index (χ1n) is 5.99. The second-order valence-corrected chi connectivity index (χ2v) is 6.71. The van der Waals surface area contributed by atoms with E-state index < -0.39 is 15.6 Å². The van der Waals surface area contributed by atoms with E-state index in [0.29, 0.717) is 30.8 Å². The maximum atomic E-state index is 12.4. The van der Waals surface area contributed by atoms with Crippen molar-refractivity contribution in [1.29, 1.82) is 5.26 Å². The van der Waals surface area contributed by atoms with Crippen LogP contribution in [0.4, 0.5) is 0 Å². The average Bonchev–Trinajstić information content (AvgIpc) is 2.74. The van der Waals surface area contributed by atoms with Crippen LogP contribution in [0.15, 0.2) is 23.1 Å². The number of hydrogen-bond acceptors (Lipinski definition) is 4. The lowest BCUT2D eigenvalue weighted by Gasteiger charge is -2.23. The van der Waals surface area contributed by atoms with E-state index in [4.69, 9.17) is 10.00 Å². The van der Waals surface area contributed by atoms with Crippen LogP contribution in [0.1, 0.15) is 24.5 Å².